The third-order valence-corrected chi connectivity index (χ3v) is 4.27. The Kier molecular flexibility index (Phi) is 2.95. The largest absolute Gasteiger partial charge is 0.443 e. The van der Waals surface area contributed by atoms with Crippen LogP contribution in [0.5, 0.6) is 0 Å². The molecule has 0 aromatic rings. The molecule has 1 amide bonds. The molecule has 0 saturated carbocycles. The van der Waals surface area contributed by atoms with E-state index in [-0.39, 0.29) is 12.1 Å². The second-order valence-corrected chi connectivity index (χ2v) is 6.88. The molecule has 2 unspecified atom stereocenters. The molecule has 2 atom stereocenters. The van der Waals surface area contributed by atoms with Crippen molar-refractivity contribution in [3.8, 4) is 0 Å². The lowest BCUT2D eigenvalue weighted by Crippen LogP contribution is -2.40. The molecule has 0 spiro atoms. The molecule has 104 valence electrons. The number of fused-ring (bicyclic) bond motifs is 2. The number of ether oxygens (including phenoxy) is 1. The first-order chi connectivity index (χ1) is 8.96. The quantitative estimate of drug-likeness (QED) is 0.617. The zero-order valence-electron chi connectivity index (χ0n) is 12.1. The van der Waals surface area contributed by atoms with Gasteiger partial charge in [0.1, 0.15) is 5.60 Å². The zero-order chi connectivity index (χ0) is 13.6. The Hall–Kier alpha value is -1.25. The highest BCUT2D eigenvalue weighted by Gasteiger charge is 2.43. The van der Waals surface area contributed by atoms with Crippen LogP contribution >= 0.6 is 0 Å². The van der Waals surface area contributed by atoms with Gasteiger partial charge in [-0.05, 0) is 58.4 Å². The van der Waals surface area contributed by atoms with E-state index in [0.717, 1.165) is 12.8 Å². The Morgan fingerprint density at radius 2 is 2.05 bits per heavy atom. The molecule has 0 radical (unpaired) electrons. The summed E-state index contributed by atoms with van der Waals surface area (Å²) in [6.07, 6.45) is 10.1. The van der Waals surface area contributed by atoms with E-state index in [9.17, 15) is 4.79 Å². The van der Waals surface area contributed by atoms with Crippen molar-refractivity contribution < 1.29 is 9.53 Å². The molecule has 3 aliphatic rings. The van der Waals surface area contributed by atoms with E-state index in [4.69, 9.17) is 4.74 Å². The van der Waals surface area contributed by atoms with Gasteiger partial charge >= 0.3 is 6.09 Å². The smallest absolute Gasteiger partial charge is 0.414 e. The van der Waals surface area contributed by atoms with Gasteiger partial charge in [0.15, 0.2) is 0 Å². The Bertz CT molecular complexity index is 456. The Morgan fingerprint density at radius 3 is 2.79 bits per heavy atom. The van der Waals surface area contributed by atoms with E-state index in [2.05, 4.69) is 6.08 Å². The summed E-state index contributed by atoms with van der Waals surface area (Å²) in [5.74, 6) is 0.496. The minimum atomic E-state index is -0.425. The minimum Gasteiger partial charge on any atom is -0.443 e. The van der Waals surface area contributed by atoms with E-state index >= 15 is 0 Å². The SMILES string of the molecule is CC(C)(C)OC(=O)N1C=CC2CC3=C(CCCC3)C21. The van der Waals surface area contributed by atoms with Crippen LogP contribution in [-0.4, -0.2) is 22.6 Å². The summed E-state index contributed by atoms with van der Waals surface area (Å²) in [6.45, 7) is 5.76. The van der Waals surface area contributed by atoms with Gasteiger partial charge in [0.05, 0.1) is 6.04 Å². The van der Waals surface area contributed by atoms with Gasteiger partial charge in [-0.3, -0.25) is 4.90 Å². The van der Waals surface area contributed by atoms with E-state index in [0.29, 0.717) is 5.92 Å². The summed E-state index contributed by atoms with van der Waals surface area (Å²) in [5, 5.41) is 0. The fourth-order valence-electron chi connectivity index (χ4n) is 3.57. The highest BCUT2D eigenvalue weighted by molar-refractivity contribution is 5.72. The molecule has 0 aromatic carbocycles. The maximum Gasteiger partial charge on any atom is 0.414 e. The van der Waals surface area contributed by atoms with Crippen molar-refractivity contribution in [3.05, 3.63) is 23.4 Å². The summed E-state index contributed by atoms with van der Waals surface area (Å²) >= 11 is 0. The van der Waals surface area contributed by atoms with Crippen molar-refractivity contribution in [2.75, 3.05) is 0 Å². The molecular formula is C16H23NO2. The second-order valence-electron chi connectivity index (χ2n) is 6.88. The third-order valence-electron chi connectivity index (χ3n) is 4.27. The highest BCUT2D eigenvalue weighted by atomic mass is 16.6. The lowest BCUT2D eigenvalue weighted by molar-refractivity contribution is 0.0293. The maximum atomic E-state index is 12.3. The first-order valence-corrected chi connectivity index (χ1v) is 7.36. The Balaban J connectivity index is 1.79. The molecule has 3 heteroatoms. The first kappa shape index (κ1) is 12.8. The van der Waals surface area contributed by atoms with E-state index in [1.54, 1.807) is 5.57 Å². The molecule has 0 fully saturated rings. The van der Waals surface area contributed by atoms with Crippen LogP contribution in [0.2, 0.25) is 0 Å². The molecule has 0 bridgehead atoms. The average Bonchev–Trinajstić information content (AvgIpc) is 2.84. The average molecular weight is 261 g/mol. The van der Waals surface area contributed by atoms with E-state index < -0.39 is 5.60 Å². The second kappa shape index (κ2) is 4.39. The number of allylic oxidation sites excluding steroid dienone is 1. The van der Waals surface area contributed by atoms with Gasteiger partial charge < -0.3 is 4.74 Å². The van der Waals surface area contributed by atoms with E-state index in [1.807, 2.05) is 31.9 Å². The maximum absolute atomic E-state index is 12.3. The van der Waals surface area contributed by atoms with Crippen LogP contribution in [0, 0.1) is 5.92 Å². The Labute approximate surface area is 115 Å². The fourth-order valence-corrected chi connectivity index (χ4v) is 3.57. The number of hydrogen-bond donors (Lipinski definition) is 0. The predicted octanol–water partition coefficient (Wildman–Crippen LogP) is 4.01. The number of carbonyl (C=O) groups is 1. The number of rotatable bonds is 0. The van der Waals surface area contributed by atoms with Gasteiger partial charge in [0.2, 0.25) is 0 Å². The molecule has 0 N–H and O–H groups in total. The molecule has 1 aliphatic heterocycles. The van der Waals surface area contributed by atoms with E-state index in [1.165, 1.54) is 24.8 Å². The van der Waals surface area contributed by atoms with Gasteiger partial charge in [0.25, 0.3) is 0 Å². The minimum absolute atomic E-state index is 0.199. The molecular weight excluding hydrogens is 238 g/mol. The van der Waals surface area contributed by atoms with Crippen LogP contribution < -0.4 is 0 Å². The number of amides is 1. The number of carbonyl (C=O) groups excluding carboxylic acids is 1. The van der Waals surface area contributed by atoms with Crippen LogP contribution in [0.25, 0.3) is 0 Å². The van der Waals surface area contributed by atoms with Gasteiger partial charge in [-0.1, -0.05) is 11.6 Å². The summed E-state index contributed by atoms with van der Waals surface area (Å²) in [5.41, 5.74) is 2.71. The third kappa shape index (κ3) is 2.31. The normalized spacial score (nSPS) is 29.5. The number of hydrogen-bond acceptors (Lipinski definition) is 2. The predicted molar refractivity (Wildman–Crippen MR) is 74.6 cm³/mol. The van der Waals surface area contributed by atoms with Gasteiger partial charge in [-0.25, -0.2) is 4.79 Å². The highest BCUT2D eigenvalue weighted by Crippen LogP contribution is 2.46. The van der Waals surface area contributed by atoms with Crippen molar-refractivity contribution in [1.82, 2.24) is 4.90 Å². The molecule has 3 nitrogen and oxygen atoms in total. The summed E-state index contributed by atoms with van der Waals surface area (Å²) < 4.78 is 5.52. The lowest BCUT2D eigenvalue weighted by atomic mass is 9.92. The summed E-state index contributed by atoms with van der Waals surface area (Å²) in [4.78, 5) is 14.1. The van der Waals surface area contributed by atoms with Crippen molar-refractivity contribution in [1.29, 1.82) is 0 Å². The van der Waals surface area contributed by atoms with Crippen LogP contribution in [0.3, 0.4) is 0 Å². The van der Waals surface area contributed by atoms with Gasteiger partial charge in [-0.15, -0.1) is 0 Å². The summed E-state index contributed by atoms with van der Waals surface area (Å²) in [6, 6.07) is 0.255. The molecule has 1 heterocycles. The van der Waals surface area contributed by atoms with Gasteiger partial charge in [-0.2, -0.15) is 0 Å². The van der Waals surface area contributed by atoms with Crippen LogP contribution in [0.1, 0.15) is 52.9 Å². The standard InChI is InChI=1S/C16H23NO2/c1-16(2,3)19-15(18)17-9-8-12-10-11-6-4-5-7-13(11)14(12)17/h8-9,12,14H,4-7,10H2,1-3H3. The molecule has 3 rings (SSSR count). The first-order valence-electron chi connectivity index (χ1n) is 7.36. The van der Waals surface area contributed by atoms with Crippen LogP contribution in [0.4, 0.5) is 4.79 Å². The number of nitrogens with zero attached hydrogens (tertiary/aromatic N) is 1. The van der Waals surface area contributed by atoms with Crippen molar-refractivity contribution in [3.63, 3.8) is 0 Å². The summed E-state index contributed by atoms with van der Waals surface area (Å²) in [7, 11) is 0. The molecule has 19 heavy (non-hydrogen) atoms. The van der Waals surface area contributed by atoms with Crippen molar-refractivity contribution in [2.45, 2.75) is 64.5 Å². The molecule has 2 aliphatic carbocycles. The molecule has 0 saturated heterocycles. The van der Waals surface area contributed by atoms with Crippen molar-refractivity contribution in [2.24, 2.45) is 5.92 Å². The molecule has 0 aromatic heterocycles. The topological polar surface area (TPSA) is 29.5 Å². The van der Waals surface area contributed by atoms with Crippen LogP contribution in [0.15, 0.2) is 23.4 Å². The zero-order valence-corrected chi connectivity index (χ0v) is 12.1. The lowest BCUT2D eigenvalue weighted by Gasteiger charge is -2.30. The van der Waals surface area contributed by atoms with Gasteiger partial charge in [0, 0.05) is 12.1 Å². The van der Waals surface area contributed by atoms with Crippen LogP contribution in [-0.2, 0) is 4.74 Å². The Morgan fingerprint density at radius 1 is 1.32 bits per heavy atom. The van der Waals surface area contributed by atoms with Crippen molar-refractivity contribution >= 4 is 6.09 Å². The monoisotopic (exact) mass is 261 g/mol. The fraction of sp³-hybridized carbons (Fsp3) is 0.688.